The Morgan fingerprint density at radius 3 is 2.68 bits per heavy atom. The number of anilines is 2. The largest absolute Gasteiger partial charge is 0.454 e. The third kappa shape index (κ3) is 5.04. The van der Waals surface area contributed by atoms with Crippen LogP contribution in [0.1, 0.15) is 20.8 Å². The fraction of sp³-hybridized carbons (Fsp3) is 0.217. The summed E-state index contributed by atoms with van der Waals surface area (Å²) in [6.45, 7) is 3.15. The van der Waals surface area contributed by atoms with Crippen LogP contribution in [0.4, 0.5) is 11.4 Å². The van der Waals surface area contributed by atoms with Crippen molar-refractivity contribution in [1.29, 1.82) is 0 Å². The number of nitrogens with one attached hydrogen (secondary N) is 2. The Morgan fingerprint density at radius 1 is 1.06 bits per heavy atom. The highest BCUT2D eigenvalue weighted by Gasteiger charge is 2.17. The molecule has 0 bridgehead atoms. The van der Waals surface area contributed by atoms with Gasteiger partial charge in [0.2, 0.25) is 12.7 Å². The van der Waals surface area contributed by atoms with E-state index < -0.39 is 0 Å². The van der Waals surface area contributed by atoms with Gasteiger partial charge in [-0.25, -0.2) is 0 Å². The molecule has 31 heavy (non-hydrogen) atoms. The van der Waals surface area contributed by atoms with Gasteiger partial charge in [-0.1, -0.05) is 12.1 Å². The minimum Gasteiger partial charge on any atom is -0.454 e. The average Bonchev–Trinajstić information content (AvgIpc) is 3.36. The first-order valence-corrected chi connectivity index (χ1v) is 10.7. The molecule has 2 heterocycles. The van der Waals surface area contributed by atoms with Gasteiger partial charge in [0, 0.05) is 23.2 Å². The first kappa shape index (κ1) is 20.9. The second-order valence-electron chi connectivity index (χ2n) is 7.32. The molecular formula is C23H23N3O4S. The molecule has 0 saturated heterocycles. The first-order valence-electron chi connectivity index (χ1n) is 9.81. The minimum absolute atomic E-state index is 0.169. The van der Waals surface area contributed by atoms with Crippen LogP contribution in [0.25, 0.3) is 0 Å². The zero-order valence-corrected chi connectivity index (χ0v) is 18.1. The van der Waals surface area contributed by atoms with E-state index in [2.05, 4.69) is 23.6 Å². The molecule has 8 heteroatoms. The lowest BCUT2D eigenvalue weighted by molar-refractivity contribution is -0.117. The van der Waals surface area contributed by atoms with Gasteiger partial charge >= 0.3 is 0 Å². The van der Waals surface area contributed by atoms with Gasteiger partial charge in [-0.05, 0) is 55.2 Å². The van der Waals surface area contributed by atoms with Crippen molar-refractivity contribution < 1.29 is 19.1 Å². The fourth-order valence-electron chi connectivity index (χ4n) is 3.26. The summed E-state index contributed by atoms with van der Waals surface area (Å²) >= 11 is 1.68. The van der Waals surface area contributed by atoms with Crippen molar-refractivity contribution in [2.45, 2.75) is 13.5 Å². The van der Waals surface area contributed by atoms with E-state index >= 15 is 0 Å². The zero-order chi connectivity index (χ0) is 21.8. The summed E-state index contributed by atoms with van der Waals surface area (Å²) < 4.78 is 10.6. The van der Waals surface area contributed by atoms with E-state index in [0.717, 1.165) is 0 Å². The molecule has 0 saturated carbocycles. The van der Waals surface area contributed by atoms with Crippen LogP contribution in [-0.2, 0) is 11.3 Å². The number of nitrogens with zero attached hydrogens (tertiary/aromatic N) is 1. The number of benzene rings is 2. The fourth-order valence-corrected chi connectivity index (χ4v) is 4.25. The first-order chi connectivity index (χ1) is 15.0. The van der Waals surface area contributed by atoms with Gasteiger partial charge in [-0.2, -0.15) is 0 Å². The highest BCUT2D eigenvalue weighted by molar-refractivity contribution is 7.10. The Kier molecular flexibility index (Phi) is 6.20. The Bertz CT molecular complexity index is 1110. The summed E-state index contributed by atoms with van der Waals surface area (Å²) in [6, 6.07) is 14.2. The van der Waals surface area contributed by atoms with Crippen molar-refractivity contribution in [2.75, 3.05) is 31.0 Å². The van der Waals surface area contributed by atoms with Crippen molar-refractivity contribution >= 4 is 34.5 Å². The molecule has 7 nitrogen and oxygen atoms in total. The zero-order valence-electron chi connectivity index (χ0n) is 17.3. The SMILES string of the molecule is Cc1ccsc1CN(C)CC(=O)Nc1ccccc1C(=O)Nc1ccc2c(c1)OCO2. The predicted octanol–water partition coefficient (Wildman–Crippen LogP) is 4.11. The van der Waals surface area contributed by atoms with Crippen molar-refractivity contribution in [3.05, 3.63) is 69.9 Å². The highest BCUT2D eigenvalue weighted by atomic mass is 32.1. The van der Waals surface area contributed by atoms with Crippen LogP contribution in [-0.4, -0.2) is 37.1 Å². The maximum Gasteiger partial charge on any atom is 0.257 e. The van der Waals surface area contributed by atoms with Gasteiger partial charge in [-0.3, -0.25) is 14.5 Å². The molecule has 0 atom stereocenters. The molecule has 1 aromatic heterocycles. The van der Waals surface area contributed by atoms with E-state index in [4.69, 9.17) is 9.47 Å². The Labute approximate surface area is 184 Å². The molecule has 4 rings (SSSR count). The average molecular weight is 438 g/mol. The van der Waals surface area contributed by atoms with Gasteiger partial charge in [0.25, 0.3) is 5.91 Å². The summed E-state index contributed by atoms with van der Waals surface area (Å²) in [5.41, 5.74) is 2.65. The van der Waals surface area contributed by atoms with Crippen molar-refractivity contribution in [2.24, 2.45) is 0 Å². The maximum absolute atomic E-state index is 12.8. The highest BCUT2D eigenvalue weighted by Crippen LogP contribution is 2.34. The van der Waals surface area contributed by atoms with Crippen molar-refractivity contribution in [3.8, 4) is 11.5 Å². The smallest absolute Gasteiger partial charge is 0.257 e. The van der Waals surface area contributed by atoms with E-state index in [-0.39, 0.29) is 25.2 Å². The molecule has 0 spiro atoms. The van der Waals surface area contributed by atoms with Crippen LogP contribution < -0.4 is 20.1 Å². The molecule has 1 aliphatic rings. The van der Waals surface area contributed by atoms with Gasteiger partial charge in [0.1, 0.15) is 0 Å². The number of likely N-dealkylation sites (N-methyl/N-ethyl adjacent to an activating group) is 1. The Morgan fingerprint density at radius 2 is 1.87 bits per heavy atom. The van der Waals surface area contributed by atoms with Crippen molar-refractivity contribution in [3.63, 3.8) is 0 Å². The number of carbonyl (C=O) groups excluding carboxylic acids is 2. The van der Waals surface area contributed by atoms with Crippen LogP contribution in [0.15, 0.2) is 53.9 Å². The number of ether oxygens (including phenoxy) is 2. The summed E-state index contributed by atoms with van der Waals surface area (Å²) in [7, 11) is 1.90. The van der Waals surface area contributed by atoms with Crippen LogP contribution in [0.3, 0.4) is 0 Å². The lowest BCUT2D eigenvalue weighted by Crippen LogP contribution is -2.30. The number of hydrogen-bond donors (Lipinski definition) is 2. The van der Waals surface area contributed by atoms with Crippen LogP contribution in [0, 0.1) is 6.92 Å². The lowest BCUT2D eigenvalue weighted by Gasteiger charge is -2.17. The lowest BCUT2D eigenvalue weighted by atomic mass is 10.1. The summed E-state index contributed by atoms with van der Waals surface area (Å²) in [5, 5.41) is 7.75. The number of para-hydroxylation sites is 1. The van der Waals surface area contributed by atoms with E-state index in [1.54, 1.807) is 53.8 Å². The predicted molar refractivity (Wildman–Crippen MR) is 121 cm³/mol. The molecule has 0 unspecified atom stereocenters. The number of rotatable bonds is 7. The van der Waals surface area contributed by atoms with E-state index in [9.17, 15) is 9.59 Å². The quantitative estimate of drug-likeness (QED) is 0.582. The molecule has 2 aromatic carbocycles. The summed E-state index contributed by atoms with van der Waals surface area (Å²) in [4.78, 5) is 28.6. The Balaban J connectivity index is 1.40. The monoisotopic (exact) mass is 437 g/mol. The second-order valence-corrected chi connectivity index (χ2v) is 8.32. The maximum atomic E-state index is 12.8. The van der Waals surface area contributed by atoms with Gasteiger partial charge in [0.15, 0.2) is 11.5 Å². The number of aryl methyl sites for hydroxylation is 1. The van der Waals surface area contributed by atoms with Gasteiger partial charge < -0.3 is 20.1 Å². The number of amides is 2. The third-order valence-electron chi connectivity index (χ3n) is 4.87. The molecule has 160 valence electrons. The minimum atomic E-state index is -0.322. The van der Waals surface area contributed by atoms with Crippen LogP contribution >= 0.6 is 11.3 Å². The molecule has 1 aliphatic heterocycles. The van der Waals surface area contributed by atoms with Gasteiger partial charge in [0.05, 0.1) is 17.8 Å². The Hall–Kier alpha value is -3.36. The van der Waals surface area contributed by atoms with Crippen molar-refractivity contribution in [1.82, 2.24) is 4.90 Å². The molecule has 3 aromatic rings. The van der Waals surface area contributed by atoms with Gasteiger partial charge in [-0.15, -0.1) is 11.3 Å². The molecular weight excluding hydrogens is 414 g/mol. The molecule has 0 aliphatic carbocycles. The second kappa shape index (κ2) is 9.20. The normalized spacial score (nSPS) is 12.1. The molecule has 2 N–H and O–H groups in total. The molecule has 0 fully saturated rings. The number of thiophene rings is 1. The molecule has 0 radical (unpaired) electrons. The number of carbonyl (C=O) groups is 2. The summed E-state index contributed by atoms with van der Waals surface area (Å²) in [6.07, 6.45) is 0. The number of hydrogen-bond acceptors (Lipinski definition) is 6. The van der Waals surface area contributed by atoms with E-state index in [1.807, 2.05) is 17.3 Å². The molecule has 2 amide bonds. The summed E-state index contributed by atoms with van der Waals surface area (Å²) in [5.74, 6) is 0.730. The topological polar surface area (TPSA) is 79.9 Å². The van der Waals surface area contributed by atoms with Crippen LogP contribution in [0.2, 0.25) is 0 Å². The third-order valence-corrected chi connectivity index (χ3v) is 5.88. The van der Waals surface area contributed by atoms with Crippen LogP contribution in [0.5, 0.6) is 11.5 Å². The van der Waals surface area contributed by atoms with E-state index in [0.29, 0.717) is 35.0 Å². The number of fused-ring (bicyclic) bond motifs is 1. The van der Waals surface area contributed by atoms with E-state index in [1.165, 1.54) is 10.4 Å². The standard InChI is InChI=1S/C23H23N3O4S/c1-15-9-10-31-21(15)12-26(2)13-22(27)25-18-6-4-3-5-17(18)23(28)24-16-7-8-19-20(11-16)30-14-29-19/h3-11H,12-14H2,1-2H3,(H,24,28)(H,25,27).